The van der Waals surface area contributed by atoms with Crippen LogP contribution in [0.2, 0.25) is 0 Å². The van der Waals surface area contributed by atoms with Gasteiger partial charge in [0.15, 0.2) is 0 Å². The molecule has 1 rings (SSSR count). The van der Waals surface area contributed by atoms with E-state index >= 15 is 0 Å². The Labute approximate surface area is 72.2 Å². The van der Waals surface area contributed by atoms with Gasteiger partial charge in [0.2, 0.25) is 6.23 Å². The first kappa shape index (κ1) is 9.48. The van der Waals surface area contributed by atoms with Gasteiger partial charge >= 0.3 is 5.97 Å². The minimum Gasteiger partial charge on any atom is -0.461 e. The highest BCUT2D eigenvalue weighted by molar-refractivity contribution is 5.75. The molecule has 70 valence electrons. The maximum atomic E-state index is 11.0. The van der Waals surface area contributed by atoms with Crippen molar-refractivity contribution < 1.29 is 14.3 Å². The van der Waals surface area contributed by atoms with E-state index in [9.17, 15) is 4.79 Å². The van der Waals surface area contributed by atoms with Gasteiger partial charge in [0.1, 0.15) is 6.61 Å². The Bertz CT molecular complexity index is 170. The molecular weight excluding hydrogens is 158 g/mol. The number of carbonyl (C=O) groups excluding carboxylic acids is 1. The summed E-state index contributed by atoms with van der Waals surface area (Å²) in [5, 5.41) is 3.06. The maximum absolute atomic E-state index is 11.0. The molecule has 4 nitrogen and oxygen atoms in total. The summed E-state index contributed by atoms with van der Waals surface area (Å²) < 4.78 is 9.83. The van der Waals surface area contributed by atoms with Crippen LogP contribution in [0, 0.1) is 5.92 Å². The summed E-state index contributed by atoms with van der Waals surface area (Å²) in [7, 11) is 1.49. The van der Waals surface area contributed by atoms with Crippen LogP contribution in [0.5, 0.6) is 0 Å². The zero-order valence-corrected chi connectivity index (χ0v) is 7.66. The first-order valence-corrected chi connectivity index (χ1v) is 4.10. The van der Waals surface area contributed by atoms with Gasteiger partial charge in [-0.2, -0.15) is 0 Å². The summed E-state index contributed by atoms with van der Waals surface area (Å²) in [5.41, 5.74) is 0. The maximum Gasteiger partial charge on any atom is 0.350 e. The average Bonchev–Trinajstić information content (AvgIpc) is 2.05. The molecule has 0 saturated carbocycles. The van der Waals surface area contributed by atoms with E-state index in [0.717, 1.165) is 0 Å². The third-order valence-electron chi connectivity index (χ3n) is 2.03. The monoisotopic (exact) mass is 173 g/mol. The number of esters is 1. The standard InChI is InChI=1S/C8H15NO3/c1-5(2)6-4-12-8(10)7(9-6)11-3/h5-7,9H,4H2,1-3H3/t6-,7-/m1/s1. The lowest BCUT2D eigenvalue weighted by molar-refractivity contribution is -0.167. The molecular formula is C8H15NO3. The van der Waals surface area contributed by atoms with Crippen LogP contribution in [0.1, 0.15) is 13.8 Å². The Kier molecular flexibility index (Phi) is 3.05. The summed E-state index contributed by atoms with van der Waals surface area (Å²) in [5.74, 6) is 0.116. The summed E-state index contributed by atoms with van der Waals surface area (Å²) in [6, 6.07) is 0.202. The van der Waals surface area contributed by atoms with Crippen LogP contribution in [0.25, 0.3) is 0 Å². The first-order valence-electron chi connectivity index (χ1n) is 4.10. The van der Waals surface area contributed by atoms with E-state index in [-0.39, 0.29) is 12.0 Å². The molecule has 0 amide bonds. The van der Waals surface area contributed by atoms with Crippen LogP contribution >= 0.6 is 0 Å². The van der Waals surface area contributed by atoms with Crippen molar-refractivity contribution in [1.29, 1.82) is 0 Å². The minimum absolute atomic E-state index is 0.202. The number of rotatable bonds is 2. The average molecular weight is 173 g/mol. The van der Waals surface area contributed by atoms with E-state index in [4.69, 9.17) is 9.47 Å². The summed E-state index contributed by atoms with van der Waals surface area (Å²) in [4.78, 5) is 11.0. The highest BCUT2D eigenvalue weighted by atomic mass is 16.6. The molecule has 0 spiro atoms. The Morgan fingerprint density at radius 3 is 2.83 bits per heavy atom. The van der Waals surface area contributed by atoms with Crippen molar-refractivity contribution in [2.45, 2.75) is 26.1 Å². The minimum atomic E-state index is -0.592. The molecule has 0 radical (unpaired) electrons. The quantitative estimate of drug-likeness (QED) is 0.603. The van der Waals surface area contributed by atoms with Gasteiger partial charge in [-0.25, -0.2) is 4.79 Å². The second-order valence-corrected chi connectivity index (χ2v) is 3.26. The van der Waals surface area contributed by atoms with Crippen molar-refractivity contribution in [3.05, 3.63) is 0 Å². The van der Waals surface area contributed by atoms with Crippen molar-refractivity contribution in [3.63, 3.8) is 0 Å². The lowest BCUT2D eigenvalue weighted by Gasteiger charge is -2.31. The normalized spacial score (nSPS) is 30.5. The smallest absolute Gasteiger partial charge is 0.350 e. The SMILES string of the molecule is CO[C@H]1N[C@@H](C(C)C)COC1=O. The highest BCUT2D eigenvalue weighted by Gasteiger charge is 2.30. The van der Waals surface area contributed by atoms with E-state index in [0.29, 0.717) is 12.5 Å². The molecule has 12 heavy (non-hydrogen) atoms. The molecule has 0 aromatic heterocycles. The molecule has 1 N–H and O–H groups in total. The molecule has 1 aliphatic heterocycles. The van der Waals surface area contributed by atoms with Crippen LogP contribution in [-0.4, -0.2) is 32.0 Å². The van der Waals surface area contributed by atoms with Crippen molar-refractivity contribution in [3.8, 4) is 0 Å². The number of hydrogen-bond acceptors (Lipinski definition) is 4. The second-order valence-electron chi connectivity index (χ2n) is 3.26. The van der Waals surface area contributed by atoms with Crippen LogP contribution < -0.4 is 5.32 Å². The Hall–Kier alpha value is -0.610. The zero-order chi connectivity index (χ0) is 9.14. The fourth-order valence-electron chi connectivity index (χ4n) is 1.11. The number of cyclic esters (lactones) is 1. The van der Waals surface area contributed by atoms with Crippen LogP contribution in [0.4, 0.5) is 0 Å². The summed E-state index contributed by atoms with van der Waals surface area (Å²) >= 11 is 0. The Morgan fingerprint density at radius 2 is 2.33 bits per heavy atom. The molecule has 0 unspecified atom stereocenters. The molecule has 1 aliphatic rings. The van der Waals surface area contributed by atoms with Gasteiger partial charge < -0.3 is 9.47 Å². The number of hydrogen-bond donors (Lipinski definition) is 1. The molecule has 0 aromatic rings. The van der Waals surface area contributed by atoms with Gasteiger partial charge in [-0.1, -0.05) is 13.8 Å². The van der Waals surface area contributed by atoms with Crippen molar-refractivity contribution in [1.82, 2.24) is 5.32 Å². The highest BCUT2D eigenvalue weighted by Crippen LogP contribution is 2.09. The van der Waals surface area contributed by atoms with E-state index in [1.165, 1.54) is 7.11 Å². The van der Waals surface area contributed by atoms with Gasteiger partial charge in [-0.3, -0.25) is 5.32 Å². The van der Waals surface area contributed by atoms with E-state index in [1.807, 2.05) is 0 Å². The molecule has 0 bridgehead atoms. The lowest BCUT2D eigenvalue weighted by atomic mass is 10.0. The van der Waals surface area contributed by atoms with Crippen LogP contribution in [0.15, 0.2) is 0 Å². The van der Waals surface area contributed by atoms with Gasteiger partial charge in [-0.05, 0) is 5.92 Å². The Morgan fingerprint density at radius 1 is 1.67 bits per heavy atom. The third kappa shape index (κ3) is 1.95. The molecule has 1 fully saturated rings. The molecule has 1 saturated heterocycles. The van der Waals surface area contributed by atoms with Gasteiger partial charge in [0.25, 0.3) is 0 Å². The fourth-order valence-corrected chi connectivity index (χ4v) is 1.11. The van der Waals surface area contributed by atoms with E-state index in [1.54, 1.807) is 0 Å². The van der Waals surface area contributed by atoms with Crippen LogP contribution in [-0.2, 0) is 14.3 Å². The number of ether oxygens (including phenoxy) is 2. The topological polar surface area (TPSA) is 47.6 Å². The van der Waals surface area contributed by atoms with Gasteiger partial charge in [0.05, 0.1) is 0 Å². The number of methoxy groups -OCH3 is 1. The lowest BCUT2D eigenvalue weighted by Crippen LogP contribution is -2.54. The van der Waals surface area contributed by atoms with Gasteiger partial charge in [-0.15, -0.1) is 0 Å². The number of carbonyl (C=O) groups is 1. The second kappa shape index (κ2) is 3.87. The molecule has 0 aromatic carbocycles. The van der Waals surface area contributed by atoms with Crippen molar-refractivity contribution >= 4 is 5.97 Å². The van der Waals surface area contributed by atoms with E-state index in [2.05, 4.69) is 19.2 Å². The molecule has 4 heteroatoms. The molecule has 1 heterocycles. The Balaban J connectivity index is 2.49. The zero-order valence-electron chi connectivity index (χ0n) is 7.66. The molecule has 2 atom stereocenters. The predicted molar refractivity (Wildman–Crippen MR) is 43.5 cm³/mol. The summed E-state index contributed by atoms with van der Waals surface area (Å²) in [6.07, 6.45) is -0.592. The van der Waals surface area contributed by atoms with Crippen molar-refractivity contribution in [2.75, 3.05) is 13.7 Å². The first-order chi connectivity index (χ1) is 5.65. The fraction of sp³-hybridized carbons (Fsp3) is 0.875. The molecule has 0 aliphatic carbocycles. The van der Waals surface area contributed by atoms with Gasteiger partial charge in [0, 0.05) is 13.2 Å². The third-order valence-corrected chi connectivity index (χ3v) is 2.03. The number of nitrogens with one attached hydrogen (secondary N) is 1. The summed E-state index contributed by atoms with van der Waals surface area (Å²) in [6.45, 7) is 4.59. The number of morpholine rings is 1. The van der Waals surface area contributed by atoms with Crippen LogP contribution in [0.3, 0.4) is 0 Å². The largest absolute Gasteiger partial charge is 0.461 e. The van der Waals surface area contributed by atoms with E-state index < -0.39 is 6.23 Å². The predicted octanol–water partition coefficient (Wildman–Crippen LogP) is 0.130. The van der Waals surface area contributed by atoms with Crippen molar-refractivity contribution in [2.24, 2.45) is 5.92 Å².